The summed E-state index contributed by atoms with van der Waals surface area (Å²) in [5.74, 6) is 0.689. The van der Waals surface area contributed by atoms with Crippen LogP contribution in [0.3, 0.4) is 0 Å². The Balaban J connectivity index is 0.00000132. The molecule has 0 radical (unpaired) electrons. The molecule has 0 fully saturated rings. The largest absolute Gasteiger partial charge is 0.495 e. The predicted octanol–water partition coefficient (Wildman–Crippen LogP) is 3.76. The topological polar surface area (TPSA) is 95.4 Å². The quantitative estimate of drug-likeness (QED) is 0.545. The Bertz CT molecular complexity index is 1050. The molecule has 8 nitrogen and oxygen atoms in total. The number of nitrogens with one attached hydrogen (secondary N) is 2. The first-order valence-electron chi connectivity index (χ1n) is 9.55. The van der Waals surface area contributed by atoms with Gasteiger partial charge in [0, 0.05) is 20.2 Å². The van der Waals surface area contributed by atoms with E-state index in [9.17, 15) is 4.39 Å². The number of hydrogen-bond donors (Lipinski definition) is 3. The van der Waals surface area contributed by atoms with Crippen LogP contribution in [-0.2, 0) is 13.0 Å². The molecule has 10 heteroatoms. The van der Waals surface area contributed by atoms with Crippen molar-refractivity contribution in [2.45, 2.75) is 13.0 Å². The van der Waals surface area contributed by atoms with Gasteiger partial charge in [0.25, 0.3) is 0 Å². The highest BCUT2D eigenvalue weighted by molar-refractivity contribution is 6.31. The summed E-state index contributed by atoms with van der Waals surface area (Å²) in [5.41, 5.74) is 3.45. The second-order valence-electron chi connectivity index (χ2n) is 6.81. The number of para-hydroxylation sites is 1. The van der Waals surface area contributed by atoms with Crippen LogP contribution in [-0.4, -0.2) is 53.0 Å². The number of methoxy groups -OCH3 is 1. The Kier molecular flexibility index (Phi) is 7.56. The summed E-state index contributed by atoms with van der Waals surface area (Å²) in [6.07, 6.45) is 0.970. The van der Waals surface area contributed by atoms with Crippen molar-refractivity contribution in [2.24, 2.45) is 0 Å². The zero-order chi connectivity index (χ0) is 22.4. The van der Waals surface area contributed by atoms with E-state index >= 15 is 0 Å². The summed E-state index contributed by atoms with van der Waals surface area (Å²) >= 11 is 6.09. The number of hydrogen-bond acceptors (Lipinski definition) is 8. The zero-order valence-electron chi connectivity index (χ0n) is 17.5. The van der Waals surface area contributed by atoms with E-state index in [1.165, 1.54) is 17.2 Å². The molecule has 0 unspecified atom stereocenters. The molecule has 1 aliphatic rings. The minimum atomic E-state index is -0.419. The van der Waals surface area contributed by atoms with Crippen LogP contribution in [0.2, 0.25) is 5.15 Å². The van der Waals surface area contributed by atoms with Crippen LogP contribution in [0.5, 0.6) is 5.75 Å². The van der Waals surface area contributed by atoms with Crippen molar-refractivity contribution in [3.05, 3.63) is 58.5 Å². The number of ether oxygens (including phenoxy) is 1. The van der Waals surface area contributed by atoms with Crippen molar-refractivity contribution in [3.63, 3.8) is 0 Å². The molecule has 1 aromatic heterocycles. The first-order valence-corrected chi connectivity index (χ1v) is 9.93. The first kappa shape index (κ1) is 22.7. The normalized spacial score (nSPS) is 13.0. The Morgan fingerprint density at radius 1 is 1.10 bits per heavy atom. The molecule has 0 spiro atoms. The molecule has 0 atom stereocenters. The maximum Gasteiger partial charge on any atom is 0.249 e. The molecule has 31 heavy (non-hydrogen) atoms. The molecule has 2 heterocycles. The molecule has 3 N–H and O–H groups in total. The monoisotopic (exact) mass is 446 g/mol. The van der Waals surface area contributed by atoms with Gasteiger partial charge < -0.3 is 25.4 Å². The Morgan fingerprint density at radius 3 is 2.61 bits per heavy atom. The molecular formula is C21H24ClFN6O2. The van der Waals surface area contributed by atoms with Gasteiger partial charge in [0.05, 0.1) is 18.5 Å². The lowest BCUT2D eigenvalue weighted by molar-refractivity contribution is 0.312. The summed E-state index contributed by atoms with van der Waals surface area (Å²) in [6.45, 7) is 1.87. The van der Waals surface area contributed by atoms with Crippen molar-refractivity contribution in [2.75, 3.05) is 38.4 Å². The fourth-order valence-corrected chi connectivity index (χ4v) is 3.38. The fraction of sp³-hybridized carbons (Fsp3) is 0.286. The minimum Gasteiger partial charge on any atom is -0.495 e. The van der Waals surface area contributed by atoms with Crippen LogP contribution in [0.25, 0.3) is 0 Å². The summed E-state index contributed by atoms with van der Waals surface area (Å²) in [4.78, 5) is 6.61. The third-order valence-electron chi connectivity index (χ3n) is 4.74. The number of halogens is 2. The van der Waals surface area contributed by atoms with Crippen LogP contribution in [0.15, 0.2) is 36.4 Å². The van der Waals surface area contributed by atoms with Crippen LogP contribution in [0.4, 0.5) is 27.5 Å². The van der Waals surface area contributed by atoms with E-state index < -0.39 is 5.82 Å². The third kappa shape index (κ3) is 5.38. The van der Waals surface area contributed by atoms with E-state index in [4.69, 9.17) is 21.4 Å². The summed E-state index contributed by atoms with van der Waals surface area (Å²) in [6, 6.07) is 10.3. The SMILES string of the molecule is CO.COc1cc2c(cc1Nc1nnc(Cl)c(Nc3ccccc3F)n1)CN(C)CC2. The zero-order valence-corrected chi connectivity index (χ0v) is 18.2. The molecular weight excluding hydrogens is 423 g/mol. The van der Waals surface area contributed by atoms with Gasteiger partial charge in [-0.25, -0.2) is 4.39 Å². The molecule has 0 amide bonds. The second-order valence-corrected chi connectivity index (χ2v) is 7.17. The molecule has 0 aliphatic carbocycles. The van der Waals surface area contributed by atoms with Gasteiger partial charge in [0.2, 0.25) is 5.95 Å². The van der Waals surface area contributed by atoms with Crippen molar-refractivity contribution < 1.29 is 14.2 Å². The number of likely N-dealkylation sites (N-methyl/N-ethyl adjacent to an activating group) is 1. The molecule has 0 bridgehead atoms. The van der Waals surface area contributed by atoms with Crippen molar-refractivity contribution in [3.8, 4) is 5.75 Å². The van der Waals surface area contributed by atoms with E-state index in [-0.39, 0.29) is 22.6 Å². The van der Waals surface area contributed by atoms with Gasteiger partial charge in [-0.1, -0.05) is 23.7 Å². The van der Waals surface area contributed by atoms with Gasteiger partial charge in [-0.15, -0.1) is 10.2 Å². The minimum absolute atomic E-state index is 0.0397. The number of rotatable bonds is 5. The Morgan fingerprint density at radius 2 is 1.87 bits per heavy atom. The Labute approximate surface area is 185 Å². The highest BCUT2D eigenvalue weighted by Gasteiger charge is 2.18. The van der Waals surface area contributed by atoms with Crippen LogP contribution in [0.1, 0.15) is 11.1 Å². The molecule has 4 rings (SSSR count). The van der Waals surface area contributed by atoms with E-state index in [1.807, 2.05) is 12.1 Å². The highest BCUT2D eigenvalue weighted by Crippen LogP contribution is 2.33. The molecule has 0 saturated carbocycles. The summed E-state index contributed by atoms with van der Waals surface area (Å²) in [5, 5.41) is 20.9. The van der Waals surface area contributed by atoms with Gasteiger partial charge in [-0.05, 0) is 48.9 Å². The van der Waals surface area contributed by atoms with Gasteiger partial charge in [-0.2, -0.15) is 4.98 Å². The molecule has 2 aromatic carbocycles. The number of nitrogens with zero attached hydrogens (tertiary/aromatic N) is 4. The Hall–Kier alpha value is -3.01. The van der Waals surface area contributed by atoms with Crippen molar-refractivity contribution >= 4 is 34.7 Å². The predicted molar refractivity (Wildman–Crippen MR) is 119 cm³/mol. The van der Waals surface area contributed by atoms with Gasteiger partial charge >= 0.3 is 0 Å². The maximum atomic E-state index is 13.9. The van der Waals surface area contributed by atoms with Crippen LogP contribution < -0.4 is 15.4 Å². The van der Waals surface area contributed by atoms with E-state index in [2.05, 4.69) is 37.8 Å². The average Bonchev–Trinajstić information content (AvgIpc) is 2.78. The molecule has 1 aliphatic heterocycles. The van der Waals surface area contributed by atoms with Crippen LogP contribution >= 0.6 is 11.6 Å². The molecule has 3 aromatic rings. The standard InChI is InChI=1S/C20H20ClFN6O.CH4O/c1-28-8-7-12-10-17(29-2)16(9-13(12)11-28)24-20-25-19(18(21)26-27-20)23-15-6-4-3-5-14(15)22;1-2/h3-6,9-10H,7-8,11H2,1-2H3,(H2,23,24,25,27);2H,1H3. The summed E-state index contributed by atoms with van der Waals surface area (Å²) < 4.78 is 19.5. The highest BCUT2D eigenvalue weighted by atomic mass is 35.5. The van der Waals surface area contributed by atoms with Crippen molar-refractivity contribution in [1.29, 1.82) is 0 Å². The van der Waals surface area contributed by atoms with E-state index in [1.54, 1.807) is 25.3 Å². The third-order valence-corrected chi connectivity index (χ3v) is 5.00. The number of anilines is 4. The fourth-order valence-electron chi connectivity index (χ4n) is 3.25. The van der Waals surface area contributed by atoms with Gasteiger partial charge in [0.15, 0.2) is 11.0 Å². The number of aromatic nitrogens is 3. The van der Waals surface area contributed by atoms with Gasteiger partial charge in [0.1, 0.15) is 11.6 Å². The van der Waals surface area contributed by atoms with Crippen LogP contribution in [0, 0.1) is 5.82 Å². The lowest BCUT2D eigenvalue weighted by Gasteiger charge is -2.26. The number of fused-ring (bicyclic) bond motifs is 1. The van der Waals surface area contributed by atoms with Gasteiger partial charge in [-0.3, -0.25) is 0 Å². The number of aliphatic hydroxyl groups is 1. The van der Waals surface area contributed by atoms with Crippen molar-refractivity contribution in [1.82, 2.24) is 20.1 Å². The number of benzene rings is 2. The first-order chi connectivity index (χ1) is 15.0. The number of aliphatic hydroxyl groups excluding tert-OH is 1. The molecule has 164 valence electrons. The summed E-state index contributed by atoms with van der Waals surface area (Å²) in [7, 11) is 4.71. The smallest absolute Gasteiger partial charge is 0.249 e. The lowest BCUT2D eigenvalue weighted by Crippen LogP contribution is -2.26. The average molecular weight is 447 g/mol. The second kappa shape index (κ2) is 10.3. The molecule has 0 saturated heterocycles. The lowest BCUT2D eigenvalue weighted by atomic mass is 9.99. The van der Waals surface area contributed by atoms with E-state index in [0.717, 1.165) is 32.3 Å². The van der Waals surface area contributed by atoms with E-state index in [0.29, 0.717) is 5.75 Å². The maximum absolute atomic E-state index is 13.9.